The highest BCUT2D eigenvalue weighted by atomic mass is 16.4. The van der Waals surface area contributed by atoms with E-state index in [0.717, 1.165) is 18.4 Å². The minimum Gasteiger partial charge on any atom is -0.481 e. The van der Waals surface area contributed by atoms with Gasteiger partial charge in [-0.3, -0.25) is 4.79 Å². The summed E-state index contributed by atoms with van der Waals surface area (Å²) >= 11 is 0. The van der Waals surface area contributed by atoms with Gasteiger partial charge in [0.15, 0.2) is 0 Å². The van der Waals surface area contributed by atoms with Crippen molar-refractivity contribution in [2.24, 2.45) is 0 Å². The number of urea groups is 1. The number of aliphatic carboxylic acids is 1. The Labute approximate surface area is 138 Å². The first kappa shape index (κ1) is 19.0. The highest BCUT2D eigenvalue weighted by molar-refractivity contribution is 5.75. The van der Waals surface area contributed by atoms with Crippen LogP contribution in [0.25, 0.3) is 0 Å². The third-order valence-electron chi connectivity index (χ3n) is 4.34. The van der Waals surface area contributed by atoms with Gasteiger partial charge in [0, 0.05) is 18.0 Å². The van der Waals surface area contributed by atoms with Crippen molar-refractivity contribution in [3.63, 3.8) is 0 Å². The maximum atomic E-state index is 12.3. The molecule has 1 aromatic carbocycles. The molecule has 0 fully saturated rings. The molecule has 0 saturated carbocycles. The maximum absolute atomic E-state index is 12.3. The number of amides is 2. The lowest BCUT2D eigenvalue weighted by molar-refractivity contribution is -0.137. The van der Waals surface area contributed by atoms with Crippen molar-refractivity contribution >= 4 is 12.0 Å². The molecular formula is C18H28N2O3. The standard InChI is InChI=1S/C18H28N2O3/c1-4-18(3,5-2)20-17(23)19-15(11-12-16(21)22)13-14-9-7-6-8-10-14/h6-10,15H,4-5,11-13H2,1-3H3,(H,21,22)(H2,19,20,23). The van der Waals surface area contributed by atoms with Gasteiger partial charge < -0.3 is 15.7 Å². The van der Waals surface area contributed by atoms with Crippen LogP contribution in [-0.2, 0) is 11.2 Å². The minimum atomic E-state index is -0.850. The maximum Gasteiger partial charge on any atom is 0.315 e. The van der Waals surface area contributed by atoms with Gasteiger partial charge in [-0.15, -0.1) is 0 Å². The third kappa shape index (κ3) is 7.17. The second kappa shape index (κ2) is 9.18. The third-order valence-corrected chi connectivity index (χ3v) is 4.34. The lowest BCUT2D eigenvalue weighted by Gasteiger charge is -2.29. The molecule has 5 nitrogen and oxygen atoms in total. The van der Waals surface area contributed by atoms with Gasteiger partial charge in [-0.2, -0.15) is 0 Å². The zero-order valence-electron chi connectivity index (χ0n) is 14.3. The Morgan fingerprint density at radius 3 is 2.30 bits per heavy atom. The predicted octanol–water partition coefficient (Wildman–Crippen LogP) is 3.34. The van der Waals surface area contributed by atoms with Crippen molar-refractivity contribution in [2.75, 3.05) is 0 Å². The normalized spacial score (nSPS) is 12.5. The van der Waals surface area contributed by atoms with Gasteiger partial charge in [-0.05, 0) is 38.2 Å². The molecule has 0 saturated heterocycles. The molecule has 23 heavy (non-hydrogen) atoms. The summed E-state index contributed by atoms with van der Waals surface area (Å²) in [5.74, 6) is -0.850. The summed E-state index contributed by atoms with van der Waals surface area (Å²) in [5, 5.41) is 14.8. The first-order chi connectivity index (χ1) is 10.9. The number of hydrogen-bond donors (Lipinski definition) is 3. The Hall–Kier alpha value is -2.04. The Balaban J connectivity index is 2.68. The Kier molecular flexibility index (Phi) is 7.59. The van der Waals surface area contributed by atoms with Crippen molar-refractivity contribution in [3.05, 3.63) is 35.9 Å². The van der Waals surface area contributed by atoms with Crippen LogP contribution in [0.15, 0.2) is 30.3 Å². The monoisotopic (exact) mass is 320 g/mol. The lowest BCUT2D eigenvalue weighted by Crippen LogP contribution is -2.52. The van der Waals surface area contributed by atoms with Crippen LogP contribution in [0.2, 0.25) is 0 Å². The number of nitrogens with one attached hydrogen (secondary N) is 2. The summed E-state index contributed by atoms with van der Waals surface area (Å²) in [7, 11) is 0. The Bertz CT molecular complexity index is 498. The average Bonchev–Trinajstić information content (AvgIpc) is 2.53. The van der Waals surface area contributed by atoms with E-state index in [1.807, 2.05) is 51.1 Å². The van der Waals surface area contributed by atoms with E-state index in [2.05, 4.69) is 10.6 Å². The van der Waals surface area contributed by atoms with Crippen LogP contribution in [0.1, 0.15) is 52.0 Å². The molecule has 1 unspecified atom stereocenters. The minimum absolute atomic E-state index is 0.0383. The number of rotatable bonds is 9. The molecule has 5 heteroatoms. The van der Waals surface area contributed by atoms with Gasteiger partial charge in [0.1, 0.15) is 0 Å². The number of carbonyl (C=O) groups is 2. The van der Waals surface area contributed by atoms with Crippen LogP contribution < -0.4 is 10.6 Å². The largest absolute Gasteiger partial charge is 0.481 e. The smallest absolute Gasteiger partial charge is 0.315 e. The second-order valence-corrected chi connectivity index (χ2v) is 6.19. The van der Waals surface area contributed by atoms with E-state index < -0.39 is 5.97 Å². The molecule has 0 radical (unpaired) electrons. The van der Waals surface area contributed by atoms with Crippen LogP contribution in [0.3, 0.4) is 0 Å². The Morgan fingerprint density at radius 1 is 1.17 bits per heavy atom. The van der Waals surface area contributed by atoms with E-state index in [1.165, 1.54) is 0 Å². The average molecular weight is 320 g/mol. The van der Waals surface area contributed by atoms with Gasteiger partial charge in [0.2, 0.25) is 0 Å². The predicted molar refractivity (Wildman–Crippen MR) is 91.5 cm³/mol. The number of hydrogen-bond acceptors (Lipinski definition) is 2. The first-order valence-electron chi connectivity index (χ1n) is 8.23. The topological polar surface area (TPSA) is 78.4 Å². The first-order valence-corrected chi connectivity index (χ1v) is 8.23. The van der Waals surface area contributed by atoms with Gasteiger partial charge in [0.05, 0.1) is 0 Å². The van der Waals surface area contributed by atoms with E-state index in [0.29, 0.717) is 12.8 Å². The van der Waals surface area contributed by atoms with Crippen LogP contribution in [0, 0.1) is 0 Å². The summed E-state index contributed by atoms with van der Waals surface area (Å²) in [6.45, 7) is 6.08. The number of carboxylic acids is 1. The molecule has 0 aliphatic carbocycles. The molecular weight excluding hydrogens is 292 g/mol. The molecule has 0 bridgehead atoms. The van der Waals surface area contributed by atoms with E-state index in [-0.39, 0.29) is 24.0 Å². The van der Waals surface area contributed by atoms with Gasteiger partial charge in [-0.25, -0.2) is 4.79 Å². The zero-order chi connectivity index (χ0) is 17.3. The Morgan fingerprint density at radius 2 is 1.78 bits per heavy atom. The fourth-order valence-electron chi connectivity index (χ4n) is 2.34. The highest BCUT2D eigenvalue weighted by Gasteiger charge is 2.23. The van der Waals surface area contributed by atoms with Gasteiger partial charge in [-0.1, -0.05) is 44.2 Å². The molecule has 1 atom stereocenters. The number of benzene rings is 1. The summed E-state index contributed by atoms with van der Waals surface area (Å²) in [4.78, 5) is 23.1. The number of carbonyl (C=O) groups excluding carboxylic acids is 1. The van der Waals surface area contributed by atoms with Crippen molar-refractivity contribution < 1.29 is 14.7 Å². The van der Waals surface area contributed by atoms with Crippen LogP contribution in [0.4, 0.5) is 4.79 Å². The van der Waals surface area contributed by atoms with Crippen molar-refractivity contribution in [2.45, 2.75) is 64.5 Å². The van der Waals surface area contributed by atoms with E-state index in [4.69, 9.17) is 5.11 Å². The molecule has 0 aliphatic heterocycles. The van der Waals surface area contributed by atoms with E-state index in [1.54, 1.807) is 0 Å². The van der Waals surface area contributed by atoms with Crippen molar-refractivity contribution in [1.29, 1.82) is 0 Å². The summed E-state index contributed by atoms with van der Waals surface area (Å²) in [6, 6.07) is 9.34. The molecule has 3 N–H and O–H groups in total. The summed E-state index contributed by atoms with van der Waals surface area (Å²) < 4.78 is 0. The van der Waals surface area contributed by atoms with Crippen molar-refractivity contribution in [3.8, 4) is 0 Å². The quantitative estimate of drug-likeness (QED) is 0.653. The van der Waals surface area contributed by atoms with Crippen molar-refractivity contribution in [1.82, 2.24) is 10.6 Å². The molecule has 2 amide bonds. The molecule has 1 rings (SSSR count). The van der Waals surface area contributed by atoms with Gasteiger partial charge >= 0.3 is 12.0 Å². The molecule has 0 aromatic heterocycles. The van der Waals surface area contributed by atoms with Crippen LogP contribution >= 0.6 is 0 Å². The van der Waals surface area contributed by atoms with Gasteiger partial charge in [0.25, 0.3) is 0 Å². The van der Waals surface area contributed by atoms with Crippen LogP contribution in [0.5, 0.6) is 0 Å². The molecule has 0 heterocycles. The molecule has 0 aliphatic rings. The second-order valence-electron chi connectivity index (χ2n) is 6.19. The molecule has 128 valence electrons. The fourth-order valence-corrected chi connectivity index (χ4v) is 2.34. The lowest BCUT2D eigenvalue weighted by atomic mass is 9.96. The summed E-state index contributed by atoms with van der Waals surface area (Å²) in [5.41, 5.74) is 0.839. The summed E-state index contributed by atoms with van der Waals surface area (Å²) in [6.07, 6.45) is 2.75. The fraction of sp³-hybridized carbons (Fsp3) is 0.556. The molecule has 0 spiro atoms. The van der Waals surface area contributed by atoms with Crippen LogP contribution in [-0.4, -0.2) is 28.7 Å². The SMILES string of the molecule is CCC(C)(CC)NC(=O)NC(CCC(=O)O)Cc1ccccc1. The molecule has 1 aromatic rings. The zero-order valence-corrected chi connectivity index (χ0v) is 14.3. The van der Waals surface area contributed by atoms with E-state index >= 15 is 0 Å². The number of carboxylic acid groups (broad SMARTS) is 1. The highest BCUT2D eigenvalue weighted by Crippen LogP contribution is 2.14. The van der Waals surface area contributed by atoms with E-state index in [9.17, 15) is 9.59 Å².